The van der Waals surface area contributed by atoms with Crippen molar-refractivity contribution in [3.8, 4) is 5.69 Å². The highest BCUT2D eigenvalue weighted by Crippen LogP contribution is 2.19. The van der Waals surface area contributed by atoms with E-state index in [4.69, 9.17) is 0 Å². The number of benzene rings is 2. The second kappa shape index (κ2) is 9.82. The van der Waals surface area contributed by atoms with Crippen LogP contribution in [0.2, 0.25) is 0 Å². The quantitative estimate of drug-likeness (QED) is 0.342. The summed E-state index contributed by atoms with van der Waals surface area (Å²) >= 11 is 1.25. The summed E-state index contributed by atoms with van der Waals surface area (Å²) in [5.41, 5.74) is 3.61. The van der Waals surface area contributed by atoms with Crippen molar-refractivity contribution in [2.24, 2.45) is 0 Å². The van der Waals surface area contributed by atoms with Crippen LogP contribution in [0, 0.1) is 6.92 Å². The van der Waals surface area contributed by atoms with Crippen LogP contribution in [-0.4, -0.2) is 67.4 Å². The maximum absolute atomic E-state index is 12.8. The fourth-order valence-electron chi connectivity index (χ4n) is 4.17. The Kier molecular flexibility index (Phi) is 6.46. The van der Waals surface area contributed by atoms with Gasteiger partial charge in [0.15, 0.2) is 10.8 Å². The van der Waals surface area contributed by atoms with Gasteiger partial charge in [-0.05, 0) is 24.6 Å². The number of hydrogen-bond acceptors (Lipinski definition) is 6. The lowest BCUT2D eigenvalue weighted by Crippen LogP contribution is -2.48. The minimum absolute atomic E-state index is 0.0551. The number of H-pyrrole nitrogens is 1. The van der Waals surface area contributed by atoms with Crippen molar-refractivity contribution in [3.05, 3.63) is 82.3 Å². The summed E-state index contributed by atoms with van der Waals surface area (Å²) in [6.45, 7) is 6.11. The van der Waals surface area contributed by atoms with Crippen molar-refractivity contribution in [1.29, 1.82) is 0 Å². The highest BCUT2D eigenvalue weighted by molar-refractivity contribution is 7.99. The van der Waals surface area contributed by atoms with E-state index in [1.54, 1.807) is 4.68 Å². The molecule has 0 radical (unpaired) electrons. The van der Waals surface area contributed by atoms with Gasteiger partial charge >= 0.3 is 0 Å². The molecule has 5 rings (SSSR count). The molecule has 0 bridgehead atoms. The number of aromatic nitrogens is 4. The Morgan fingerprint density at radius 3 is 2.62 bits per heavy atom. The molecule has 174 valence electrons. The Balaban J connectivity index is 1.20. The smallest absolute Gasteiger partial charge is 0.262 e. The van der Waals surface area contributed by atoms with Crippen LogP contribution in [0.1, 0.15) is 11.1 Å². The van der Waals surface area contributed by atoms with Gasteiger partial charge in [-0.15, -0.1) is 0 Å². The third-order valence-corrected chi connectivity index (χ3v) is 6.82. The molecule has 1 fully saturated rings. The summed E-state index contributed by atoms with van der Waals surface area (Å²) < 4.78 is 1.64. The van der Waals surface area contributed by atoms with Crippen LogP contribution in [-0.2, 0) is 11.3 Å². The average molecular weight is 475 g/mol. The summed E-state index contributed by atoms with van der Waals surface area (Å²) in [6, 6.07) is 18.1. The maximum Gasteiger partial charge on any atom is 0.262 e. The zero-order valence-electron chi connectivity index (χ0n) is 19.0. The number of amides is 1. The van der Waals surface area contributed by atoms with Crippen LogP contribution in [0.5, 0.6) is 0 Å². The van der Waals surface area contributed by atoms with Gasteiger partial charge in [-0.2, -0.15) is 5.10 Å². The summed E-state index contributed by atoms with van der Waals surface area (Å²) in [4.78, 5) is 37.0. The molecule has 0 spiro atoms. The number of rotatable bonds is 6. The fraction of sp³-hybridized carbons (Fsp3) is 0.280. The molecule has 3 heterocycles. The van der Waals surface area contributed by atoms with Crippen LogP contribution < -0.4 is 5.56 Å². The molecule has 1 aliphatic rings. The standard InChI is InChI=1S/C25H26N6O2S/c1-18-6-5-7-19(14-18)16-29-10-12-30(13-11-29)22(32)17-34-25-27-23-21(24(33)28-25)15-26-31(23)20-8-3-2-4-9-20/h2-9,14-15H,10-13,16-17H2,1H3,(H,27,28,33). The monoisotopic (exact) mass is 474 g/mol. The molecule has 34 heavy (non-hydrogen) atoms. The number of aryl methyl sites for hydroxylation is 1. The number of nitrogens with one attached hydrogen (secondary N) is 1. The third-order valence-electron chi connectivity index (χ3n) is 5.96. The molecule has 8 nitrogen and oxygen atoms in total. The van der Waals surface area contributed by atoms with Gasteiger partial charge in [-0.1, -0.05) is 59.8 Å². The lowest BCUT2D eigenvalue weighted by molar-refractivity contribution is -0.130. The molecule has 0 unspecified atom stereocenters. The predicted molar refractivity (Wildman–Crippen MR) is 133 cm³/mol. The molecular formula is C25H26N6O2S. The van der Waals surface area contributed by atoms with Crippen molar-refractivity contribution >= 4 is 28.7 Å². The number of para-hydroxylation sites is 1. The molecule has 0 aliphatic carbocycles. The highest BCUT2D eigenvalue weighted by atomic mass is 32.2. The average Bonchev–Trinajstić information content (AvgIpc) is 3.28. The van der Waals surface area contributed by atoms with Gasteiger partial charge in [0, 0.05) is 32.7 Å². The highest BCUT2D eigenvalue weighted by Gasteiger charge is 2.22. The first-order valence-corrected chi connectivity index (χ1v) is 12.3. The van der Waals surface area contributed by atoms with E-state index in [1.165, 1.54) is 29.1 Å². The molecule has 2 aromatic heterocycles. The van der Waals surface area contributed by atoms with Crippen LogP contribution >= 0.6 is 11.8 Å². The van der Waals surface area contributed by atoms with E-state index in [-0.39, 0.29) is 17.2 Å². The number of carbonyl (C=O) groups excluding carboxylic acids is 1. The molecule has 0 atom stereocenters. The van der Waals surface area contributed by atoms with Crippen molar-refractivity contribution in [2.45, 2.75) is 18.6 Å². The Hall–Kier alpha value is -3.43. The minimum Gasteiger partial charge on any atom is -0.339 e. The van der Waals surface area contributed by atoms with Gasteiger partial charge in [0.25, 0.3) is 5.56 Å². The maximum atomic E-state index is 12.8. The van der Waals surface area contributed by atoms with Crippen LogP contribution in [0.25, 0.3) is 16.7 Å². The molecule has 4 aromatic rings. The van der Waals surface area contributed by atoms with E-state index in [1.807, 2.05) is 35.2 Å². The number of aromatic amines is 1. The van der Waals surface area contributed by atoms with Crippen molar-refractivity contribution in [3.63, 3.8) is 0 Å². The van der Waals surface area contributed by atoms with Crippen LogP contribution in [0.4, 0.5) is 0 Å². The normalized spacial score (nSPS) is 14.6. The summed E-state index contributed by atoms with van der Waals surface area (Å²) in [6.07, 6.45) is 1.52. The van der Waals surface area contributed by atoms with Gasteiger partial charge in [0.05, 0.1) is 17.6 Å². The van der Waals surface area contributed by atoms with Gasteiger partial charge in [0.2, 0.25) is 5.91 Å². The van der Waals surface area contributed by atoms with Crippen molar-refractivity contribution in [1.82, 2.24) is 29.5 Å². The summed E-state index contributed by atoms with van der Waals surface area (Å²) in [5.74, 6) is 0.283. The first-order chi connectivity index (χ1) is 16.6. The predicted octanol–water partition coefficient (Wildman–Crippen LogP) is 2.85. The van der Waals surface area contributed by atoms with E-state index in [0.29, 0.717) is 29.3 Å². The SMILES string of the molecule is Cc1cccc(CN2CCN(C(=O)CSc3nc4c(cnn4-c4ccccc4)c(=O)[nH]3)CC2)c1. The topological polar surface area (TPSA) is 87.1 Å². The molecule has 2 aromatic carbocycles. The Bertz CT molecular complexity index is 1360. The second-order valence-corrected chi connectivity index (χ2v) is 9.40. The van der Waals surface area contributed by atoms with Crippen LogP contribution in [0.3, 0.4) is 0 Å². The molecule has 1 N–H and O–H groups in total. The Morgan fingerprint density at radius 1 is 1.06 bits per heavy atom. The van der Waals surface area contributed by atoms with E-state index < -0.39 is 0 Å². The lowest BCUT2D eigenvalue weighted by Gasteiger charge is -2.34. The van der Waals surface area contributed by atoms with Gasteiger partial charge in [0.1, 0.15) is 5.39 Å². The third kappa shape index (κ3) is 4.90. The van der Waals surface area contributed by atoms with E-state index in [0.717, 1.165) is 25.3 Å². The summed E-state index contributed by atoms with van der Waals surface area (Å²) in [5, 5.41) is 5.16. The lowest BCUT2D eigenvalue weighted by atomic mass is 10.1. The molecule has 9 heteroatoms. The molecule has 0 saturated carbocycles. The first kappa shape index (κ1) is 22.4. The number of nitrogens with zero attached hydrogens (tertiary/aromatic N) is 5. The molecule has 1 saturated heterocycles. The summed E-state index contributed by atoms with van der Waals surface area (Å²) in [7, 11) is 0. The van der Waals surface area contributed by atoms with Gasteiger partial charge in [-0.25, -0.2) is 9.67 Å². The number of fused-ring (bicyclic) bond motifs is 1. The molecular weight excluding hydrogens is 448 g/mol. The zero-order chi connectivity index (χ0) is 23.5. The van der Waals surface area contributed by atoms with Crippen molar-refractivity contribution in [2.75, 3.05) is 31.9 Å². The number of thioether (sulfide) groups is 1. The van der Waals surface area contributed by atoms with Gasteiger partial charge < -0.3 is 9.88 Å². The molecule has 1 amide bonds. The first-order valence-electron chi connectivity index (χ1n) is 11.3. The minimum atomic E-state index is -0.258. The second-order valence-electron chi connectivity index (χ2n) is 8.43. The Labute approximate surface area is 201 Å². The Morgan fingerprint density at radius 2 is 1.85 bits per heavy atom. The number of carbonyl (C=O) groups is 1. The number of piperazine rings is 1. The van der Waals surface area contributed by atoms with E-state index in [9.17, 15) is 9.59 Å². The van der Waals surface area contributed by atoms with E-state index >= 15 is 0 Å². The fourth-order valence-corrected chi connectivity index (χ4v) is 4.93. The largest absolute Gasteiger partial charge is 0.339 e. The molecule has 1 aliphatic heterocycles. The number of hydrogen-bond donors (Lipinski definition) is 1. The van der Waals surface area contributed by atoms with E-state index in [2.05, 4.69) is 51.2 Å². The van der Waals surface area contributed by atoms with Gasteiger partial charge in [-0.3, -0.25) is 14.5 Å². The zero-order valence-corrected chi connectivity index (χ0v) is 19.8. The van der Waals surface area contributed by atoms with Crippen LogP contribution in [0.15, 0.2) is 70.7 Å². The van der Waals surface area contributed by atoms with Crippen molar-refractivity contribution < 1.29 is 4.79 Å².